The van der Waals surface area contributed by atoms with Gasteiger partial charge < -0.3 is 10.2 Å². The van der Waals surface area contributed by atoms with E-state index < -0.39 is 0 Å². The summed E-state index contributed by atoms with van der Waals surface area (Å²) in [6.45, 7) is 3.51. The van der Waals surface area contributed by atoms with Crippen molar-refractivity contribution in [2.75, 3.05) is 25.0 Å². The van der Waals surface area contributed by atoms with Gasteiger partial charge >= 0.3 is 0 Å². The minimum atomic E-state index is 0.712. The van der Waals surface area contributed by atoms with Gasteiger partial charge in [-0.05, 0) is 43.9 Å². The fraction of sp³-hybridized carbons (Fsp3) is 0.533. The summed E-state index contributed by atoms with van der Waals surface area (Å²) < 4.78 is 0. The zero-order valence-electron chi connectivity index (χ0n) is 11.5. The van der Waals surface area contributed by atoms with E-state index in [4.69, 9.17) is 0 Å². The van der Waals surface area contributed by atoms with Crippen molar-refractivity contribution in [3.05, 3.63) is 24.5 Å². The summed E-state index contributed by atoms with van der Waals surface area (Å²) in [6.07, 6.45) is 7.50. The highest BCUT2D eigenvalue weighted by molar-refractivity contribution is 5.71. The first kappa shape index (κ1) is 12.0. The minimum absolute atomic E-state index is 0.712. The molecule has 2 fully saturated rings. The first-order valence-corrected chi connectivity index (χ1v) is 7.44. The molecule has 1 aliphatic heterocycles. The van der Waals surface area contributed by atoms with Crippen molar-refractivity contribution >= 4 is 17.0 Å². The van der Waals surface area contributed by atoms with Gasteiger partial charge in [0.05, 0.1) is 0 Å². The molecule has 0 radical (unpaired) electrons. The third-order valence-electron chi connectivity index (χ3n) is 4.28. The lowest BCUT2D eigenvalue weighted by Crippen LogP contribution is -2.24. The van der Waals surface area contributed by atoms with Gasteiger partial charge in [0.1, 0.15) is 11.3 Å². The Balaban J connectivity index is 1.38. The molecule has 2 aromatic heterocycles. The molecule has 5 heteroatoms. The Hall–Kier alpha value is -1.75. The quantitative estimate of drug-likeness (QED) is 0.919. The van der Waals surface area contributed by atoms with Gasteiger partial charge in [0.25, 0.3) is 0 Å². The summed E-state index contributed by atoms with van der Waals surface area (Å²) in [5.41, 5.74) is 1.56. The summed E-state index contributed by atoms with van der Waals surface area (Å²) >= 11 is 0. The summed E-state index contributed by atoms with van der Waals surface area (Å²) in [7, 11) is 0. The second kappa shape index (κ2) is 4.98. The molecular weight excluding hydrogens is 250 g/mol. The van der Waals surface area contributed by atoms with Crippen LogP contribution in [0.1, 0.15) is 19.3 Å². The molecule has 3 heterocycles. The molecule has 1 N–H and O–H groups in total. The van der Waals surface area contributed by atoms with Crippen LogP contribution >= 0.6 is 0 Å². The number of rotatable bonds is 4. The third kappa shape index (κ3) is 2.45. The number of pyridine rings is 1. The Morgan fingerprint density at radius 2 is 2.05 bits per heavy atom. The lowest BCUT2D eigenvalue weighted by molar-refractivity contribution is 0.316. The van der Waals surface area contributed by atoms with Gasteiger partial charge in [-0.3, -0.25) is 4.98 Å². The van der Waals surface area contributed by atoms with Crippen LogP contribution in [0.5, 0.6) is 0 Å². The maximum atomic E-state index is 4.50. The predicted molar refractivity (Wildman–Crippen MR) is 78.5 cm³/mol. The van der Waals surface area contributed by atoms with Gasteiger partial charge in [-0.2, -0.15) is 0 Å². The predicted octanol–water partition coefficient (Wildman–Crippen LogP) is 1.92. The van der Waals surface area contributed by atoms with E-state index in [1.807, 2.05) is 12.1 Å². The highest BCUT2D eigenvalue weighted by Crippen LogP contribution is 2.31. The summed E-state index contributed by atoms with van der Waals surface area (Å²) in [5.74, 6) is 1.65. The van der Waals surface area contributed by atoms with Crippen molar-refractivity contribution < 1.29 is 0 Å². The highest BCUT2D eigenvalue weighted by atomic mass is 15.2. The molecule has 1 aliphatic carbocycles. The number of fused-ring (bicyclic) bond motifs is 1. The molecule has 0 amide bonds. The van der Waals surface area contributed by atoms with Crippen LogP contribution < -0.4 is 5.32 Å². The molecule has 1 saturated heterocycles. The number of nitrogens with zero attached hydrogens (tertiary/aromatic N) is 4. The van der Waals surface area contributed by atoms with E-state index >= 15 is 0 Å². The molecule has 4 rings (SSSR count). The van der Waals surface area contributed by atoms with E-state index in [1.165, 1.54) is 32.4 Å². The van der Waals surface area contributed by atoms with Gasteiger partial charge in [0.2, 0.25) is 0 Å². The Labute approximate surface area is 118 Å². The highest BCUT2D eigenvalue weighted by Gasteiger charge is 2.34. The molecule has 104 valence electrons. The first-order chi connectivity index (χ1) is 9.88. The van der Waals surface area contributed by atoms with E-state index in [1.54, 1.807) is 12.4 Å². The number of likely N-dealkylation sites (tertiary alicyclic amines) is 1. The monoisotopic (exact) mass is 269 g/mol. The van der Waals surface area contributed by atoms with Crippen molar-refractivity contribution in [1.82, 2.24) is 19.9 Å². The summed E-state index contributed by atoms with van der Waals surface area (Å²) in [6, 6.07) is 4.86. The second-order valence-corrected chi connectivity index (χ2v) is 5.86. The van der Waals surface area contributed by atoms with Crippen molar-refractivity contribution in [2.45, 2.75) is 25.3 Å². The molecule has 0 bridgehead atoms. The number of nitrogens with one attached hydrogen (secondary N) is 1. The Bertz CT molecular complexity index is 610. The van der Waals surface area contributed by atoms with E-state index in [-0.39, 0.29) is 0 Å². The molecule has 1 unspecified atom stereocenters. The summed E-state index contributed by atoms with van der Waals surface area (Å²) in [4.78, 5) is 15.6. The fourth-order valence-electron chi connectivity index (χ4n) is 3.00. The van der Waals surface area contributed by atoms with Crippen LogP contribution in [0, 0.1) is 5.92 Å². The van der Waals surface area contributed by atoms with E-state index in [9.17, 15) is 0 Å². The van der Waals surface area contributed by atoms with Crippen LogP contribution in [0.2, 0.25) is 0 Å². The average Bonchev–Trinajstić information content (AvgIpc) is 3.24. The van der Waals surface area contributed by atoms with Crippen LogP contribution in [0.25, 0.3) is 11.2 Å². The molecule has 0 spiro atoms. The SMILES string of the molecule is c1cnc2nc(NCC3CCN(C4CC4)C3)ccc2n1. The Morgan fingerprint density at radius 1 is 1.15 bits per heavy atom. The largest absolute Gasteiger partial charge is 0.370 e. The molecule has 20 heavy (non-hydrogen) atoms. The normalized spacial score (nSPS) is 23.3. The minimum Gasteiger partial charge on any atom is -0.370 e. The van der Waals surface area contributed by atoms with Crippen LogP contribution in [-0.4, -0.2) is 45.5 Å². The lowest BCUT2D eigenvalue weighted by atomic mass is 10.1. The maximum absolute atomic E-state index is 4.50. The molecule has 5 nitrogen and oxygen atoms in total. The fourth-order valence-corrected chi connectivity index (χ4v) is 3.00. The molecule has 0 aromatic carbocycles. The van der Waals surface area contributed by atoms with Crippen molar-refractivity contribution in [1.29, 1.82) is 0 Å². The number of aromatic nitrogens is 3. The Kier molecular flexibility index (Phi) is 2.99. The van der Waals surface area contributed by atoms with E-state index in [2.05, 4.69) is 25.2 Å². The van der Waals surface area contributed by atoms with Crippen LogP contribution in [-0.2, 0) is 0 Å². The topological polar surface area (TPSA) is 53.9 Å². The number of anilines is 1. The van der Waals surface area contributed by atoms with Crippen LogP contribution in [0.3, 0.4) is 0 Å². The molecular formula is C15H19N5. The van der Waals surface area contributed by atoms with E-state index in [0.717, 1.165) is 29.8 Å². The zero-order chi connectivity index (χ0) is 13.4. The van der Waals surface area contributed by atoms with Crippen molar-refractivity contribution in [3.8, 4) is 0 Å². The second-order valence-electron chi connectivity index (χ2n) is 5.86. The molecule has 1 saturated carbocycles. The smallest absolute Gasteiger partial charge is 0.180 e. The van der Waals surface area contributed by atoms with Crippen molar-refractivity contribution in [2.24, 2.45) is 5.92 Å². The van der Waals surface area contributed by atoms with Gasteiger partial charge in [-0.1, -0.05) is 0 Å². The van der Waals surface area contributed by atoms with Gasteiger partial charge in [-0.25, -0.2) is 9.97 Å². The Morgan fingerprint density at radius 3 is 2.95 bits per heavy atom. The zero-order valence-corrected chi connectivity index (χ0v) is 11.5. The van der Waals surface area contributed by atoms with E-state index in [0.29, 0.717) is 5.65 Å². The summed E-state index contributed by atoms with van der Waals surface area (Å²) in [5, 5.41) is 3.45. The number of hydrogen-bond acceptors (Lipinski definition) is 5. The van der Waals surface area contributed by atoms with Crippen LogP contribution in [0.15, 0.2) is 24.5 Å². The van der Waals surface area contributed by atoms with Gasteiger partial charge in [0, 0.05) is 31.5 Å². The lowest BCUT2D eigenvalue weighted by Gasteiger charge is -2.15. The molecule has 1 atom stereocenters. The third-order valence-corrected chi connectivity index (χ3v) is 4.28. The van der Waals surface area contributed by atoms with Crippen LogP contribution in [0.4, 0.5) is 5.82 Å². The number of hydrogen-bond donors (Lipinski definition) is 1. The maximum Gasteiger partial charge on any atom is 0.180 e. The van der Waals surface area contributed by atoms with Crippen molar-refractivity contribution in [3.63, 3.8) is 0 Å². The van der Waals surface area contributed by atoms with Gasteiger partial charge in [-0.15, -0.1) is 0 Å². The standard InChI is InChI=1S/C15H19N5/c1-2-12(1)20-8-5-11(10-20)9-18-14-4-3-13-15(19-14)17-7-6-16-13/h3-4,6-7,11-12H,1-2,5,8-10H2,(H,17,18,19). The van der Waals surface area contributed by atoms with Gasteiger partial charge in [0.15, 0.2) is 5.65 Å². The molecule has 2 aromatic rings. The molecule has 2 aliphatic rings. The first-order valence-electron chi connectivity index (χ1n) is 7.44. The average molecular weight is 269 g/mol.